The van der Waals surface area contributed by atoms with Crippen molar-refractivity contribution in [2.45, 2.75) is 51.4 Å². The Labute approximate surface area is 244 Å². The van der Waals surface area contributed by atoms with Crippen molar-refractivity contribution < 1.29 is 18.7 Å². The molecule has 2 aliphatic heterocycles. The van der Waals surface area contributed by atoms with Gasteiger partial charge in [0.2, 0.25) is 5.91 Å². The Balaban J connectivity index is 1.24. The van der Waals surface area contributed by atoms with Crippen LogP contribution in [0.1, 0.15) is 41.6 Å². The van der Waals surface area contributed by atoms with Crippen LogP contribution in [0.5, 0.6) is 5.75 Å². The summed E-state index contributed by atoms with van der Waals surface area (Å²) in [5.41, 5.74) is 11.3. The Morgan fingerprint density at radius 1 is 1.14 bits per heavy atom. The van der Waals surface area contributed by atoms with Crippen molar-refractivity contribution >= 4 is 28.2 Å². The van der Waals surface area contributed by atoms with Gasteiger partial charge in [0, 0.05) is 62.2 Å². The molecule has 0 radical (unpaired) electrons. The molecule has 3 aliphatic rings. The van der Waals surface area contributed by atoms with Crippen LogP contribution < -0.4 is 10.5 Å². The summed E-state index contributed by atoms with van der Waals surface area (Å²) < 4.78 is 24.6. The summed E-state index contributed by atoms with van der Waals surface area (Å²) in [6.45, 7) is 4.55. The van der Waals surface area contributed by atoms with Gasteiger partial charge < -0.3 is 24.8 Å². The topological polar surface area (TPSA) is 98.1 Å². The van der Waals surface area contributed by atoms with Crippen molar-refractivity contribution in [3.63, 3.8) is 0 Å². The van der Waals surface area contributed by atoms with E-state index in [2.05, 4.69) is 23.6 Å². The average Bonchev–Trinajstić information content (AvgIpc) is 3.51. The molecule has 42 heavy (non-hydrogen) atoms. The average molecular weight is 573 g/mol. The first-order chi connectivity index (χ1) is 20.2. The smallest absolute Gasteiger partial charge is 0.255 e. The van der Waals surface area contributed by atoms with E-state index in [1.54, 1.807) is 21.7 Å². The second-order valence-corrected chi connectivity index (χ2v) is 12.5. The molecule has 1 aliphatic carbocycles. The molecule has 7 rings (SSSR count). The maximum atomic E-state index is 14.1. The SMILES string of the molecule is Cc1c(-c2cc3cccc(OCC4CC(=O)N(C)C4)c3n2CC2CC2)nn2cc(C(=O)N3C[C@H](N)C[C@@H](F)C3)ccc12. The first-order valence-electron chi connectivity index (χ1n) is 14.9. The molecule has 2 N–H and O–H groups in total. The van der Waals surface area contributed by atoms with Crippen LogP contribution in [-0.4, -0.2) is 81.3 Å². The van der Waals surface area contributed by atoms with Gasteiger partial charge in [0.1, 0.15) is 17.6 Å². The molecule has 3 aromatic heterocycles. The number of likely N-dealkylation sites (tertiary alicyclic amines) is 2. The van der Waals surface area contributed by atoms with E-state index >= 15 is 0 Å². The lowest BCUT2D eigenvalue weighted by atomic mass is 10.0. The Kier molecular flexibility index (Phi) is 6.68. The summed E-state index contributed by atoms with van der Waals surface area (Å²) in [5.74, 6) is 1.55. The van der Waals surface area contributed by atoms with Crippen LogP contribution in [0.15, 0.2) is 42.6 Å². The third-order valence-electron chi connectivity index (χ3n) is 9.00. The predicted octanol–water partition coefficient (Wildman–Crippen LogP) is 4.04. The Hall–Kier alpha value is -3.92. The lowest BCUT2D eigenvalue weighted by Crippen LogP contribution is -2.50. The first-order valence-corrected chi connectivity index (χ1v) is 14.9. The van der Waals surface area contributed by atoms with E-state index in [-0.39, 0.29) is 36.7 Å². The number of hydrogen-bond donors (Lipinski definition) is 1. The number of fused-ring (bicyclic) bond motifs is 2. The minimum Gasteiger partial charge on any atom is -0.491 e. The van der Waals surface area contributed by atoms with Gasteiger partial charge in [-0.15, -0.1) is 0 Å². The van der Waals surface area contributed by atoms with Gasteiger partial charge in [-0.25, -0.2) is 8.91 Å². The maximum Gasteiger partial charge on any atom is 0.255 e. The number of rotatable bonds is 7. The van der Waals surface area contributed by atoms with Gasteiger partial charge in [-0.05, 0) is 56.4 Å². The maximum absolute atomic E-state index is 14.1. The number of ether oxygens (including phenoxy) is 1. The van der Waals surface area contributed by atoms with Crippen LogP contribution in [0.2, 0.25) is 0 Å². The van der Waals surface area contributed by atoms with Crippen LogP contribution in [0.25, 0.3) is 27.8 Å². The second-order valence-electron chi connectivity index (χ2n) is 12.5. The lowest BCUT2D eigenvalue weighted by Gasteiger charge is -2.32. The normalized spacial score (nSPS) is 23.0. The van der Waals surface area contributed by atoms with Crippen LogP contribution in [0.3, 0.4) is 0 Å². The molecule has 1 saturated carbocycles. The number of carbonyl (C=O) groups is 2. The summed E-state index contributed by atoms with van der Waals surface area (Å²) in [4.78, 5) is 28.6. The number of aryl methyl sites for hydroxylation is 1. The zero-order valence-electron chi connectivity index (χ0n) is 24.1. The largest absolute Gasteiger partial charge is 0.491 e. The molecule has 2 amide bonds. The fourth-order valence-electron chi connectivity index (χ4n) is 6.59. The van der Waals surface area contributed by atoms with Gasteiger partial charge in [0.25, 0.3) is 5.91 Å². The minimum atomic E-state index is -1.11. The summed E-state index contributed by atoms with van der Waals surface area (Å²) in [5, 5.41) is 6.06. The zero-order chi connectivity index (χ0) is 29.1. The van der Waals surface area contributed by atoms with E-state index in [1.807, 2.05) is 25.2 Å². The van der Waals surface area contributed by atoms with Gasteiger partial charge in [0.15, 0.2) is 0 Å². The molecular formula is C32H37FN6O3. The Morgan fingerprint density at radius 3 is 2.71 bits per heavy atom. The highest BCUT2D eigenvalue weighted by atomic mass is 19.1. The van der Waals surface area contributed by atoms with Gasteiger partial charge in [-0.1, -0.05) is 12.1 Å². The quantitative estimate of drug-likeness (QED) is 0.361. The monoisotopic (exact) mass is 572 g/mol. The Morgan fingerprint density at radius 2 is 1.98 bits per heavy atom. The predicted molar refractivity (Wildman–Crippen MR) is 158 cm³/mol. The van der Waals surface area contributed by atoms with Gasteiger partial charge >= 0.3 is 0 Å². The zero-order valence-corrected chi connectivity index (χ0v) is 24.1. The Bertz CT molecular complexity index is 1680. The van der Waals surface area contributed by atoms with E-state index in [0.717, 1.165) is 45.7 Å². The third-order valence-corrected chi connectivity index (χ3v) is 9.00. The number of aromatic nitrogens is 3. The van der Waals surface area contributed by atoms with Crippen molar-refractivity contribution in [3.8, 4) is 17.1 Å². The number of nitrogens with two attached hydrogens (primary N) is 1. The van der Waals surface area contributed by atoms with E-state index < -0.39 is 6.17 Å². The number of carbonyl (C=O) groups excluding carboxylic acids is 2. The molecule has 2 saturated heterocycles. The molecule has 220 valence electrons. The molecular weight excluding hydrogens is 535 g/mol. The number of piperidine rings is 1. The molecule has 1 unspecified atom stereocenters. The number of benzene rings is 1. The minimum absolute atomic E-state index is 0.0629. The van der Waals surface area contributed by atoms with E-state index in [4.69, 9.17) is 15.6 Å². The van der Waals surface area contributed by atoms with E-state index in [0.29, 0.717) is 37.6 Å². The molecule has 5 heterocycles. The third kappa shape index (κ3) is 4.91. The van der Waals surface area contributed by atoms with Crippen LogP contribution in [-0.2, 0) is 11.3 Å². The molecule has 1 aromatic carbocycles. The number of alkyl halides is 1. The number of pyridine rings is 1. The number of nitrogens with zero attached hydrogens (tertiary/aromatic N) is 5. The van der Waals surface area contributed by atoms with Gasteiger partial charge in [0.05, 0.1) is 35.4 Å². The lowest BCUT2D eigenvalue weighted by molar-refractivity contribution is -0.126. The van der Waals surface area contributed by atoms with Crippen molar-refractivity contribution in [1.82, 2.24) is 24.0 Å². The summed E-state index contributed by atoms with van der Waals surface area (Å²) in [6.07, 6.45) is 3.84. The molecule has 10 heteroatoms. The van der Waals surface area contributed by atoms with Crippen molar-refractivity contribution in [1.29, 1.82) is 0 Å². The molecule has 3 atom stereocenters. The number of para-hydroxylation sites is 1. The highest BCUT2D eigenvalue weighted by Gasteiger charge is 2.31. The number of halogens is 1. The van der Waals surface area contributed by atoms with Crippen molar-refractivity contribution in [2.24, 2.45) is 17.6 Å². The summed E-state index contributed by atoms with van der Waals surface area (Å²) in [7, 11) is 1.84. The standard InChI is InChI=1S/C32H37FN6O3/c1-19-26-9-8-23(32(41)37-16-24(33)12-25(34)17-37)15-39(26)35-30(19)27-11-22-4-3-5-28(31(22)38(27)14-20-6-7-20)42-18-21-10-29(40)36(2)13-21/h3-5,8-9,11,15,20-21,24-25H,6-7,10,12-14,16-18,34H2,1-2H3/t21?,24-,25-/m1/s1. The molecule has 0 spiro atoms. The first kappa shape index (κ1) is 26.9. The van der Waals surface area contributed by atoms with Gasteiger partial charge in [-0.3, -0.25) is 9.59 Å². The molecule has 9 nitrogen and oxygen atoms in total. The van der Waals surface area contributed by atoms with Crippen molar-refractivity contribution in [3.05, 3.63) is 53.7 Å². The van der Waals surface area contributed by atoms with E-state index in [1.165, 1.54) is 17.7 Å². The fraction of sp³-hybridized carbons (Fsp3) is 0.469. The second kappa shape index (κ2) is 10.4. The summed E-state index contributed by atoms with van der Waals surface area (Å²) in [6, 6.07) is 11.7. The molecule has 3 fully saturated rings. The van der Waals surface area contributed by atoms with Crippen LogP contribution in [0.4, 0.5) is 4.39 Å². The molecule has 0 bridgehead atoms. The highest BCUT2D eigenvalue weighted by Crippen LogP contribution is 2.40. The van der Waals surface area contributed by atoms with Crippen molar-refractivity contribution in [2.75, 3.05) is 33.3 Å². The van der Waals surface area contributed by atoms with E-state index in [9.17, 15) is 14.0 Å². The summed E-state index contributed by atoms with van der Waals surface area (Å²) >= 11 is 0. The molecule has 4 aromatic rings. The highest BCUT2D eigenvalue weighted by molar-refractivity contribution is 5.95. The fourth-order valence-corrected chi connectivity index (χ4v) is 6.59. The van der Waals surface area contributed by atoms with Gasteiger partial charge in [-0.2, -0.15) is 5.10 Å². The number of hydrogen-bond acceptors (Lipinski definition) is 5. The van der Waals surface area contributed by atoms with Crippen LogP contribution in [0, 0.1) is 18.8 Å². The van der Waals surface area contributed by atoms with Crippen LogP contribution >= 0.6 is 0 Å². The number of amides is 2.